The highest BCUT2D eigenvalue weighted by Gasteiger charge is 2.23. The Morgan fingerprint density at radius 3 is 2.57 bits per heavy atom. The van der Waals surface area contributed by atoms with E-state index in [1.165, 1.54) is 0 Å². The maximum Gasteiger partial charge on any atom is 0.241 e. The van der Waals surface area contributed by atoms with Crippen LogP contribution in [0.3, 0.4) is 0 Å². The summed E-state index contributed by atoms with van der Waals surface area (Å²) < 4.78 is 5.10. The van der Waals surface area contributed by atoms with Gasteiger partial charge in [0.1, 0.15) is 0 Å². The van der Waals surface area contributed by atoms with E-state index in [1.54, 1.807) is 0 Å². The molecule has 1 aromatic heterocycles. The third-order valence-electron chi connectivity index (χ3n) is 1.72. The first kappa shape index (κ1) is 8.98. The fourth-order valence-electron chi connectivity index (χ4n) is 0.963. The van der Waals surface area contributed by atoms with Crippen LogP contribution in [0, 0.1) is 0 Å². The van der Waals surface area contributed by atoms with E-state index < -0.39 is 0 Å². The van der Waals surface area contributed by atoms with Gasteiger partial charge >= 0.3 is 0 Å². The van der Waals surface area contributed by atoms with Crippen molar-refractivity contribution < 1.29 is 4.52 Å². The maximum absolute atomic E-state index is 5.10. The van der Waals surface area contributed by atoms with Crippen LogP contribution in [0.15, 0.2) is 19.7 Å². The van der Waals surface area contributed by atoms with Crippen LogP contribution in [-0.4, -0.2) is 22.6 Å². The molecule has 0 saturated carbocycles. The van der Waals surface area contributed by atoms with Crippen molar-refractivity contribution in [2.75, 3.05) is 6.67 Å². The highest BCUT2D eigenvalue weighted by Crippen LogP contribution is 2.20. The summed E-state index contributed by atoms with van der Waals surface area (Å²) in [6.45, 7) is 6.36. The molecular formula is C8H11N5O. The number of azo groups is 1. The molecule has 74 valence electrons. The summed E-state index contributed by atoms with van der Waals surface area (Å²) in [5.41, 5.74) is -0.151. The summed E-state index contributed by atoms with van der Waals surface area (Å²) >= 11 is 0. The minimum absolute atomic E-state index is 0.151. The van der Waals surface area contributed by atoms with E-state index in [2.05, 4.69) is 25.4 Å². The molecule has 2 rings (SSSR count). The fraction of sp³-hybridized carbons (Fsp3) is 0.625. The highest BCUT2D eigenvalue weighted by molar-refractivity contribution is 5.96. The predicted octanol–water partition coefficient (Wildman–Crippen LogP) is 1.54. The number of amidine groups is 1. The lowest BCUT2D eigenvalue weighted by molar-refractivity contribution is 0.320. The van der Waals surface area contributed by atoms with Crippen molar-refractivity contribution >= 4 is 5.84 Å². The lowest BCUT2D eigenvalue weighted by Gasteiger charge is -2.10. The van der Waals surface area contributed by atoms with Crippen molar-refractivity contribution in [2.24, 2.45) is 15.2 Å². The Morgan fingerprint density at radius 1 is 1.29 bits per heavy atom. The molecule has 0 fully saturated rings. The topological polar surface area (TPSA) is 76.0 Å². The average Bonchev–Trinajstić information content (AvgIpc) is 2.73. The highest BCUT2D eigenvalue weighted by atomic mass is 16.5. The Kier molecular flexibility index (Phi) is 1.90. The summed E-state index contributed by atoms with van der Waals surface area (Å²) in [6, 6.07) is 0. The van der Waals surface area contributed by atoms with E-state index in [4.69, 9.17) is 4.52 Å². The molecule has 1 aliphatic rings. The van der Waals surface area contributed by atoms with Gasteiger partial charge in [0.2, 0.25) is 17.6 Å². The molecule has 0 N–H and O–H groups in total. The Labute approximate surface area is 81.1 Å². The number of rotatable bonds is 1. The van der Waals surface area contributed by atoms with Crippen LogP contribution in [0.1, 0.15) is 32.5 Å². The lowest BCUT2D eigenvalue weighted by atomic mass is 9.97. The quantitative estimate of drug-likeness (QED) is 0.678. The minimum Gasteiger partial charge on any atom is -0.338 e. The summed E-state index contributed by atoms with van der Waals surface area (Å²) in [5.74, 6) is 1.44. The lowest BCUT2D eigenvalue weighted by Crippen LogP contribution is -2.11. The van der Waals surface area contributed by atoms with Gasteiger partial charge in [-0.05, 0) is 0 Å². The molecule has 0 radical (unpaired) electrons. The van der Waals surface area contributed by atoms with Gasteiger partial charge in [0.05, 0.1) is 0 Å². The average molecular weight is 193 g/mol. The summed E-state index contributed by atoms with van der Waals surface area (Å²) in [6.07, 6.45) is 0. The predicted molar refractivity (Wildman–Crippen MR) is 49.3 cm³/mol. The van der Waals surface area contributed by atoms with Crippen molar-refractivity contribution in [2.45, 2.75) is 26.2 Å². The number of nitrogens with zero attached hydrogens (tertiary/aromatic N) is 5. The van der Waals surface area contributed by atoms with Gasteiger partial charge in [0, 0.05) is 5.41 Å². The zero-order valence-corrected chi connectivity index (χ0v) is 8.35. The van der Waals surface area contributed by atoms with Crippen LogP contribution in [0.4, 0.5) is 0 Å². The number of aromatic nitrogens is 2. The SMILES string of the molecule is CC(C)(C)c1nc(C2=NCN=N2)no1. The first-order valence-electron chi connectivity index (χ1n) is 4.34. The van der Waals surface area contributed by atoms with E-state index in [9.17, 15) is 0 Å². The van der Waals surface area contributed by atoms with E-state index >= 15 is 0 Å². The van der Waals surface area contributed by atoms with Crippen LogP contribution in [0.5, 0.6) is 0 Å². The molecule has 1 aromatic rings. The molecule has 0 unspecified atom stereocenters. The Balaban J connectivity index is 2.30. The first-order valence-corrected chi connectivity index (χ1v) is 4.34. The van der Waals surface area contributed by atoms with Gasteiger partial charge < -0.3 is 4.52 Å². The molecule has 0 amide bonds. The van der Waals surface area contributed by atoms with Crippen LogP contribution in [0.25, 0.3) is 0 Å². The molecule has 6 heteroatoms. The van der Waals surface area contributed by atoms with Crippen molar-refractivity contribution in [1.29, 1.82) is 0 Å². The summed E-state index contributed by atoms with van der Waals surface area (Å²) in [5, 5.41) is 11.3. The first-order chi connectivity index (χ1) is 6.57. The largest absolute Gasteiger partial charge is 0.338 e. The molecule has 0 atom stereocenters. The molecule has 14 heavy (non-hydrogen) atoms. The summed E-state index contributed by atoms with van der Waals surface area (Å²) in [7, 11) is 0. The molecule has 2 heterocycles. The van der Waals surface area contributed by atoms with E-state index in [0.29, 0.717) is 24.2 Å². The van der Waals surface area contributed by atoms with Crippen molar-refractivity contribution in [3.05, 3.63) is 11.7 Å². The maximum atomic E-state index is 5.10. The second-order valence-corrected chi connectivity index (χ2v) is 4.04. The normalized spacial score (nSPS) is 16.1. The molecule has 0 aromatic carbocycles. The fourth-order valence-corrected chi connectivity index (χ4v) is 0.963. The van der Waals surface area contributed by atoms with E-state index in [1.807, 2.05) is 20.8 Å². The Hall–Kier alpha value is -1.59. The second-order valence-electron chi connectivity index (χ2n) is 4.04. The smallest absolute Gasteiger partial charge is 0.241 e. The standard InChI is InChI=1S/C8H11N5O/c1-8(2,3)7-11-6(13-14-7)5-9-4-10-12-5/h4H2,1-3H3. The molecular weight excluding hydrogens is 182 g/mol. The molecule has 0 aliphatic carbocycles. The van der Waals surface area contributed by atoms with Gasteiger partial charge in [-0.15, -0.1) is 5.11 Å². The second kappa shape index (κ2) is 2.97. The van der Waals surface area contributed by atoms with Crippen LogP contribution < -0.4 is 0 Å². The molecule has 0 spiro atoms. The van der Waals surface area contributed by atoms with Gasteiger partial charge in [-0.2, -0.15) is 10.1 Å². The third kappa shape index (κ3) is 1.55. The number of hydrogen-bond acceptors (Lipinski definition) is 6. The zero-order chi connectivity index (χ0) is 10.2. The van der Waals surface area contributed by atoms with Crippen molar-refractivity contribution in [3.8, 4) is 0 Å². The zero-order valence-electron chi connectivity index (χ0n) is 8.35. The Bertz CT molecular complexity index is 398. The van der Waals surface area contributed by atoms with Crippen LogP contribution >= 0.6 is 0 Å². The van der Waals surface area contributed by atoms with E-state index in [-0.39, 0.29) is 5.41 Å². The monoisotopic (exact) mass is 193 g/mol. The third-order valence-corrected chi connectivity index (χ3v) is 1.72. The van der Waals surface area contributed by atoms with Gasteiger partial charge in [-0.1, -0.05) is 25.9 Å². The Morgan fingerprint density at radius 2 is 2.07 bits per heavy atom. The van der Waals surface area contributed by atoms with Crippen molar-refractivity contribution in [3.63, 3.8) is 0 Å². The molecule has 0 bridgehead atoms. The summed E-state index contributed by atoms with van der Waals surface area (Å²) in [4.78, 5) is 8.20. The van der Waals surface area contributed by atoms with Crippen LogP contribution in [0.2, 0.25) is 0 Å². The molecule has 1 aliphatic heterocycles. The number of aliphatic imine (C=N–C) groups is 1. The van der Waals surface area contributed by atoms with Gasteiger partial charge in [0.25, 0.3) is 0 Å². The van der Waals surface area contributed by atoms with Gasteiger partial charge in [-0.25, -0.2) is 4.99 Å². The van der Waals surface area contributed by atoms with Gasteiger partial charge in [0.15, 0.2) is 6.67 Å². The van der Waals surface area contributed by atoms with Crippen LogP contribution in [-0.2, 0) is 5.41 Å². The van der Waals surface area contributed by atoms with Gasteiger partial charge in [-0.3, -0.25) is 0 Å². The van der Waals surface area contributed by atoms with E-state index in [0.717, 1.165) is 0 Å². The minimum atomic E-state index is -0.151. The van der Waals surface area contributed by atoms with Crippen molar-refractivity contribution in [1.82, 2.24) is 10.1 Å². The molecule has 0 saturated heterocycles. The number of hydrogen-bond donors (Lipinski definition) is 0. The molecule has 6 nitrogen and oxygen atoms in total.